The summed E-state index contributed by atoms with van der Waals surface area (Å²) in [7, 11) is 0. The fraction of sp³-hybridized carbons (Fsp3) is 0.0455. The number of ether oxygens (including phenoxy) is 1. The molecule has 130 valence electrons. The predicted molar refractivity (Wildman–Crippen MR) is 102 cm³/mol. The number of carbonyl (C=O) groups is 2. The van der Waals surface area contributed by atoms with E-state index in [-0.39, 0.29) is 18.4 Å². The first kappa shape index (κ1) is 17.7. The van der Waals surface area contributed by atoms with Gasteiger partial charge in [-0.3, -0.25) is 9.59 Å². The number of rotatable bonds is 5. The van der Waals surface area contributed by atoms with Crippen LogP contribution in [0.1, 0.15) is 11.1 Å². The van der Waals surface area contributed by atoms with E-state index < -0.39 is 0 Å². The second-order valence-corrected chi connectivity index (χ2v) is 5.63. The monoisotopic (exact) mass is 354 g/mol. The molecule has 1 heterocycles. The number of carbonyl (C=O) groups excluding carboxylic acids is 2. The van der Waals surface area contributed by atoms with Gasteiger partial charge in [-0.15, -0.1) is 6.42 Å². The Morgan fingerprint density at radius 3 is 2.44 bits per heavy atom. The van der Waals surface area contributed by atoms with E-state index in [1.165, 1.54) is 12.2 Å². The lowest BCUT2D eigenvalue weighted by atomic mass is 10.0. The Labute approximate surface area is 156 Å². The van der Waals surface area contributed by atoms with Gasteiger partial charge in [-0.1, -0.05) is 30.2 Å². The molecule has 1 aliphatic rings. The maximum atomic E-state index is 11.7. The van der Waals surface area contributed by atoms with Crippen molar-refractivity contribution in [1.29, 1.82) is 5.26 Å². The van der Waals surface area contributed by atoms with Crippen molar-refractivity contribution in [2.75, 3.05) is 11.5 Å². The Morgan fingerprint density at radius 1 is 1.11 bits per heavy atom. The van der Waals surface area contributed by atoms with E-state index in [0.29, 0.717) is 22.6 Å². The molecule has 0 spiro atoms. The van der Waals surface area contributed by atoms with Crippen molar-refractivity contribution < 1.29 is 14.3 Å². The maximum Gasteiger partial charge on any atom is 0.258 e. The molecule has 27 heavy (non-hydrogen) atoms. The number of terminal acetylenes is 1. The molecule has 0 bridgehead atoms. The van der Waals surface area contributed by atoms with Crippen LogP contribution in [0.3, 0.4) is 0 Å². The summed E-state index contributed by atoms with van der Waals surface area (Å²) in [6, 6.07) is 16.1. The van der Waals surface area contributed by atoms with Crippen LogP contribution in [0.5, 0.6) is 5.75 Å². The van der Waals surface area contributed by atoms with Gasteiger partial charge in [0.05, 0.1) is 17.3 Å². The quantitative estimate of drug-likeness (QED) is 0.358. The summed E-state index contributed by atoms with van der Waals surface area (Å²) in [5, 5.41) is 9.51. The van der Waals surface area contributed by atoms with Crippen molar-refractivity contribution in [3.63, 3.8) is 0 Å². The predicted octanol–water partition coefficient (Wildman–Crippen LogP) is 3.19. The minimum absolute atomic E-state index is 0.169. The lowest BCUT2D eigenvalue weighted by molar-refractivity contribution is -0.119. The number of imide groups is 1. The van der Waals surface area contributed by atoms with Gasteiger partial charge in [-0.05, 0) is 41.5 Å². The summed E-state index contributed by atoms with van der Waals surface area (Å²) in [5.41, 5.74) is 2.36. The highest BCUT2D eigenvalue weighted by atomic mass is 16.5. The average Bonchev–Trinajstić information content (AvgIpc) is 3.03. The Hall–Kier alpha value is -4.09. The van der Waals surface area contributed by atoms with Gasteiger partial charge < -0.3 is 4.74 Å². The topological polar surface area (TPSA) is 70.4 Å². The van der Waals surface area contributed by atoms with Gasteiger partial charge in [0.1, 0.15) is 12.4 Å². The molecule has 0 aromatic heterocycles. The molecular formula is C22H14N2O3. The normalized spacial score (nSPS) is 13.4. The van der Waals surface area contributed by atoms with Crippen LogP contribution in [0.4, 0.5) is 5.69 Å². The number of nitrogens with zero attached hydrogens (tertiary/aromatic N) is 2. The summed E-state index contributed by atoms with van der Waals surface area (Å²) in [6.07, 6.45) is 9.37. The SMILES string of the molecule is C#CCOc1cccc(/C=C(\C#N)c2ccc(N3C(=O)C=CC3=O)cc2)c1. The molecule has 0 unspecified atom stereocenters. The second kappa shape index (κ2) is 7.86. The van der Waals surface area contributed by atoms with Gasteiger partial charge in [-0.25, -0.2) is 4.90 Å². The Morgan fingerprint density at radius 2 is 1.81 bits per heavy atom. The van der Waals surface area contributed by atoms with Crippen LogP contribution in [0.15, 0.2) is 60.7 Å². The van der Waals surface area contributed by atoms with Crippen LogP contribution in [0.25, 0.3) is 11.6 Å². The van der Waals surface area contributed by atoms with Crippen molar-refractivity contribution in [2.45, 2.75) is 0 Å². The average molecular weight is 354 g/mol. The van der Waals surface area contributed by atoms with Gasteiger partial charge in [-0.2, -0.15) is 5.26 Å². The van der Waals surface area contributed by atoms with Crippen LogP contribution >= 0.6 is 0 Å². The summed E-state index contributed by atoms with van der Waals surface area (Å²) in [5.74, 6) is 2.26. The molecule has 1 aliphatic heterocycles. The Kier molecular flexibility index (Phi) is 5.16. The van der Waals surface area contributed by atoms with E-state index >= 15 is 0 Å². The number of nitriles is 1. The molecule has 2 aromatic rings. The zero-order chi connectivity index (χ0) is 19.2. The lowest BCUT2D eigenvalue weighted by Crippen LogP contribution is -2.29. The van der Waals surface area contributed by atoms with E-state index in [1.54, 1.807) is 42.5 Å². The highest BCUT2D eigenvalue weighted by Gasteiger charge is 2.24. The molecule has 5 heteroatoms. The smallest absolute Gasteiger partial charge is 0.258 e. The highest BCUT2D eigenvalue weighted by molar-refractivity contribution is 6.28. The molecule has 0 fully saturated rings. The zero-order valence-electron chi connectivity index (χ0n) is 14.3. The first-order chi connectivity index (χ1) is 13.1. The number of benzene rings is 2. The van der Waals surface area contributed by atoms with Crippen LogP contribution < -0.4 is 9.64 Å². The fourth-order valence-corrected chi connectivity index (χ4v) is 2.61. The molecular weight excluding hydrogens is 340 g/mol. The van der Waals surface area contributed by atoms with Crippen LogP contribution in [0.2, 0.25) is 0 Å². The molecule has 0 saturated heterocycles. The summed E-state index contributed by atoms with van der Waals surface area (Å²) >= 11 is 0. The summed E-state index contributed by atoms with van der Waals surface area (Å²) in [6.45, 7) is 0.169. The van der Waals surface area contributed by atoms with Crippen LogP contribution in [0, 0.1) is 23.7 Å². The van der Waals surface area contributed by atoms with Gasteiger partial charge >= 0.3 is 0 Å². The van der Waals surface area contributed by atoms with Crippen molar-refractivity contribution in [3.05, 3.63) is 71.8 Å². The first-order valence-electron chi connectivity index (χ1n) is 8.07. The van der Waals surface area contributed by atoms with E-state index in [4.69, 9.17) is 11.2 Å². The van der Waals surface area contributed by atoms with Crippen molar-refractivity contribution in [3.8, 4) is 24.2 Å². The van der Waals surface area contributed by atoms with Crippen LogP contribution in [-0.2, 0) is 9.59 Å². The van der Waals surface area contributed by atoms with E-state index in [0.717, 1.165) is 10.5 Å². The third-order valence-electron chi connectivity index (χ3n) is 3.86. The molecule has 0 N–H and O–H groups in total. The molecule has 2 amide bonds. The Balaban J connectivity index is 1.85. The van der Waals surface area contributed by atoms with E-state index in [2.05, 4.69) is 12.0 Å². The number of allylic oxidation sites excluding steroid dienone is 1. The largest absolute Gasteiger partial charge is 0.481 e. The maximum absolute atomic E-state index is 11.7. The van der Waals surface area contributed by atoms with Gasteiger partial charge in [0.2, 0.25) is 0 Å². The van der Waals surface area contributed by atoms with Crippen molar-refractivity contribution in [2.24, 2.45) is 0 Å². The second-order valence-electron chi connectivity index (χ2n) is 5.63. The van der Waals surface area contributed by atoms with Gasteiger partial charge in [0.25, 0.3) is 11.8 Å². The molecule has 2 aromatic carbocycles. The first-order valence-corrected chi connectivity index (χ1v) is 8.07. The number of hydrogen-bond acceptors (Lipinski definition) is 4. The zero-order valence-corrected chi connectivity index (χ0v) is 14.3. The highest BCUT2D eigenvalue weighted by Crippen LogP contribution is 2.24. The molecule has 0 atom stereocenters. The summed E-state index contributed by atoms with van der Waals surface area (Å²) < 4.78 is 5.39. The number of anilines is 1. The summed E-state index contributed by atoms with van der Waals surface area (Å²) in [4.78, 5) is 24.6. The Bertz CT molecular complexity index is 1020. The molecule has 0 aliphatic carbocycles. The molecule has 0 saturated carbocycles. The van der Waals surface area contributed by atoms with E-state index in [9.17, 15) is 14.9 Å². The third-order valence-corrected chi connectivity index (χ3v) is 3.86. The standard InChI is InChI=1S/C22H14N2O3/c1-2-12-27-20-5-3-4-16(14-20)13-18(15-23)17-6-8-19(9-7-17)24-21(25)10-11-22(24)26/h1,3-11,13-14H,12H2/b18-13+. The number of amides is 2. The third kappa shape index (κ3) is 3.95. The molecule has 5 nitrogen and oxygen atoms in total. The fourth-order valence-electron chi connectivity index (χ4n) is 2.61. The number of hydrogen-bond donors (Lipinski definition) is 0. The minimum atomic E-state index is -0.382. The van der Waals surface area contributed by atoms with Crippen LogP contribution in [-0.4, -0.2) is 18.4 Å². The van der Waals surface area contributed by atoms with Gasteiger partial charge in [0, 0.05) is 12.2 Å². The minimum Gasteiger partial charge on any atom is -0.481 e. The molecule has 0 radical (unpaired) electrons. The van der Waals surface area contributed by atoms with E-state index in [1.807, 2.05) is 12.1 Å². The van der Waals surface area contributed by atoms with Gasteiger partial charge in [0.15, 0.2) is 0 Å². The van der Waals surface area contributed by atoms with Crippen molar-refractivity contribution >= 4 is 29.2 Å². The molecule has 3 rings (SSSR count). The lowest BCUT2D eigenvalue weighted by Gasteiger charge is -2.14. The van der Waals surface area contributed by atoms with Crippen molar-refractivity contribution in [1.82, 2.24) is 0 Å².